The maximum Gasteiger partial charge on any atom is 0.359 e. The zero-order valence-electron chi connectivity index (χ0n) is 12.3. The van der Waals surface area contributed by atoms with Gasteiger partial charge in [-0.2, -0.15) is 5.10 Å². The van der Waals surface area contributed by atoms with Gasteiger partial charge in [0.1, 0.15) is 6.61 Å². The van der Waals surface area contributed by atoms with Gasteiger partial charge >= 0.3 is 5.97 Å². The Labute approximate surface area is 122 Å². The second-order valence-corrected chi connectivity index (χ2v) is 4.41. The lowest BCUT2D eigenvalue weighted by molar-refractivity contribution is 0.0454. The van der Waals surface area contributed by atoms with Gasteiger partial charge in [0, 0.05) is 12.6 Å². The molecule has 0 saturated carbocycles. The maximum atomic E-state index is 12.2. The highest BCUT2D eigenvalue weighted by molar-refractivity contribution is 5.93. The number of esters is 1. The Hall–Kier alpha value is -2.57. The van der Waals surface area contributed by atoms with Crippen molar-refractivity contribution in [2.45, 2.75) is 27.0 Å². The highest BCUT2D eigenvalue weighted by atomic mass is 16.5. The summed E-state index contributed by atoms with van der Waals surface area (Å²) in [6.07, 6.45) is 0. The molecule has 2 rings (SSSR count). The molecule has 0 aliphatic heterocycles. The van der Waals surface area contributed by atoms with Crippen molar-refractivity contribution in [3.63, 3.8) is 0 Å². The van der Waals surface area contributed by atoms with Gasteiger partial charge in [-0.05, 0) is 19.9 Å². The molecule has 0 saturated heterocycles. The Balaban J connectivity index is 2.11. The molecule has 2 heterocycles. The second-order valence-electron chi connectivity index (χ2n) is 4.41. The van der Waals surface area contributed by atoms with E-state index in [1.165, 1.54) is 11.8 Å². The van der Waals surface area contributed by atoms with Crippen molar-refractivity contribution < 1.29 is 14.3 Å². The monoisotopic (exact) mass is 290 g/mol. The van der Waals surface area contributed by atoms with E-state index in [2.05, 4.69) is 10.1 Å². The first-order valence-corrected chi connectivity index (χ1v) is 6.56. The molecule has 0 unspecified atom stereocenters. The van der Waals surface area contributed by atoms with Gasteiger partial charge in [-0.25, -0.2) is 9.78 Å². The van der Waals surface area contributed by atoms with Crippen LogP contribution in [0.2, 0.25) is 0 Å². The van der Waals surface area contributed by atoms with Crippen LogP contribution in [0, 0.1) is 6.92 Å². The molecule has 112 valence electrons. The third kappa shape index (κ3) is 3.13. The van der Waals surface area contributed by atoms with Gasteiger partial charge in [0.25, 0.3) is 0 Å². The molecule has 2 N–H and O–H groups in total. The molecule has 0 aromatic carbocycles. The fraction of sp³-hybridized carbons (Fsp3) is 0.357. The fourth-order valence-corrected chi connectivity index (χ4v) is 1.90. The Morgan fingerprint density at radius 1 is 1.43 bits per heavy atom. The van der Waals surface area contributed by atoms with Crippen LogP contribution < -0.4 is 10.5 Å². The standard InChI is InChI=1S/C14H18N4O3/c1-4-18-13(12(15)9(2)17-18)14(19)21-8-10-6-5-7-11(16-10)20-3/h5-7H,4,8,15H2,1-3H3. The van der Waals surface area contributed by atoms with Gasteiger partial charge < -0.3 is 15.2 Å². The molecule has 0 bridgehead atoms. The van der Waals surface area contributed by atoms with Crippen LogP contribution >= 0.6 is 0 Å². The molecule has 7 nitrogen and oxygen atoms in total. The Morgan fingerprint density at radius 2 is 2.19 bits per heavy atom. The number of anilines is 1. The first-order chi connectivity index (χ1) is 10.1. The molecule has 0 aliphatic rings. The van der Waals surface area contributed by atoms with E-state index in [-0.39, 0.29) is 12.3 Å². The summed E-state index contributed by atoms with van der Waals surface area (Å²) >= 11 is 0. The SMILES string of the molecule is CCn1nc(C)c(N)c1C(=O)OCc1cccc(OC)n1. The van der Waals surface area contributed by atoms with Gasteiger partial charge in [-0.1, -0.05) is 6.07 Å². The molecule has 0 atom stereocenters. The van der Waals surface area contributed by atoms with Crippen LogP contribution in [-0.4, -0.2) is 27.8 Å². The zero-order valence-corrected chi connectivity index (χ0v) is 12.3. The number of hydrogen-bond donors (Lipinski definition) is 1. The summed E-state index contributed by atoms with van der Waals surface area (Å²) in [6.45, 7) is 4.22. The number of nitrogens with zero attached hydrogens (tertiary/aromatic N) is 3. The number of carbonyl (C=O) groups excluding carboxylic acids is 1. The van der Waals surface area contributed by atoms with Crippen LogP contribution in [0.15, 0.2) is 18.2 Å². The van der Waals surface area contributed by atoms with Gasteiger partial charge in [0.2, 0.25) is 5.88 Å². The third-order valence-corrected chi connectivity index (χ3v) is 3.01. The molecule has 0 radical (unpaired) electrons. The molecule has 0 amide bonds. The van der Waals surface area contributed by atoms with Crippen molar-refractivity contribution in [1.29, 1.82) is 0 Å². The lowest BCUT2D eigenvalue weighted by Crippen LogP contribution is -2.14. The second kappa shape index (κ2) is 6.25. The maximum absolute atomic E-state index is 12.2. The molecule has 0 aliphatic carbocycles. The minimum absolute atomic E-state index is 0.0451. The van der Waals surface area contributed by atoms with Crippen LogP contribution in [0.5, 0.6) is 5.88 Å². The van der Waals surface area contributed by atoms with Crippen molar-refractivity contribution in [1.82, 2.24) is 14.8 Å². The number of pyridine rings is 1. The lowest BCUT2D eigenvalue weighted by Gasteiger charge is -2.07. The number of rotatable bonds is 5. The topological polar surface area (TPSA) is 92.3 Å². The Kier molecular flexibility index (Phi) is 4.42. The molecular weight excluding hydrogens is 272 g/mol. The molecule has 0 spiro atoms. The number of methoxy groups -OCH3 is 1. The van der Waals surface area contributed by atoms with Gasteiger partial charge in [-0.3, -0.25) is 4.68 Å². The van der Waals surface area contributed by atoms with Crippen LogP contribution in [0.4, 0.5) is 5.69 Å². The quantitative estimate of drug-likeness (QED) is 0.840. The predicted octanol–water partition coefficient (Wildman–Crippen LogP) is 1.55. The lowest BCUT2D eigenvalue weighted by atomic mass is 10.3. The average molecular weight is 290 g/mol. The normalized spacial score (nSPS) is 10.4. The van der Waals surface area contributed by atoms with Crippen LogP contribution in [0.3, 0.4) is 0 Å². The van der Waals surface area contributed by atoms with E-state index in [9.17, 15) is 4.79 Å². The predicted molar refractivity (Wildman–Crippen MR) is 77.0 cm³/mol. The third-order valence-electron chi connectivity index (χ3n) is 3.01. The molecular formula is C14H18N4O3. The average Bonchev–Trinajstić information content (AvgIpc) is 2.80. The summed E-state index contributed by atoms with van der Waals surface area (Å²) in [4.78, 5) is 16.3. The largest absolute Gasteiger partial charge is 0.481 e. The van der Waals surface area contributed by atoms with Crippen molar-refractivity contribution in [2.24, 2.45) is 0 Å². The van der Waals surface area contributed by atoms with E-state index in [1.54, 1.807) is 25.1 Å². The molecule has 7 heteroatoms. The van der Waals surface area contributed by atoms with Gasteiger partial charge in [-0.15, -0.1) is 0 Å². The number of ether oxygens (including phenoxy) is 2. The first kappa shape index (κ1) is 14.8. The van der Waals surface area contributed by atoms with E-state index in [4.69, 9.17) is 15.2 Å². The minimum Gasteiger partial charge on any atom is -0.481 e. The van der Waals surface area contributed by atoms with Crippen molar-refractivity contribution in [3.05, 3.63) is 35.3 Å². The fourth-order valence-electron chi connectivity index (χ4n) is 1.90. The summed E-state index contributed by atoms with van der Waals surface area (Å²) in [5, 5.41) is 4.19. The highest BCUT2D eigenvalue weighted by Gasteiger charge is 2.20. The summed E-state index contributed by atoms with van der Waals surface area (Å²) in [5.74, 6) is -0.0444. The summed E-state index contributed by atoms with van der Waals surface area (Å²) in [7, 11) is 1.53. The molecule has 2 aromatic rings. The summed E-state index contributed by atoms with van der Waals surface area (Å²) < 4.78 is 11.8. The van der Waals surface area contributed by atoms with Crippen molar-refractivity contribution in [3.8, 4) is 5.88 Å². The number of aryl methyl sites for hydroxylation is 2. The number of carbonyl (C=O) groups is 1. The Morgan fingerprint density at radius 3 is 2.86 bits per heavy atom. The first-order valence-electron chi connectivity index (χ1n) is 6.56. The summed E-state index contributed by atoms with van der Waals surface area (Å²) in [6, 6.07) is 5.25. The Bertz CT molecular complexity index is 652. The van der Waals surface area contributed by atoms with Crippen molar-refractivity contribution in [2.75, 3.05) is 12.8 Å². The van der Waals surface area contributed by atoms with Crippen LogP contribution in [-0.2, 0) is 17.9 Å². The van der Waals surface area contributed by atoms with Crippen LogP contribution in [0.1, 0.15) is 28.8 Å². The van der Waals surface area contributed by atoms with E-state index >= 15 is 0 Å². The smallest absolute Gasteiger partial charge is 0.359 e. The number of nitrogen functional groups attached to an aromatic ring is 1. The molecule has 2 aromatic heterocycles. The van der Waals surface area contributed by atoms with E-state index in [1.807, 2.05) is 6.92 Å². The number of aromatic nitrogens is 3. The molecule has 0 fully saturated rings. The highest BCUT2D eigenvalue weighted by Crippen LogP contribution is 2.18. The summed E-state index contributed by atoms with van der Waals surface area (Å²) in [5.41, 5.74) is 7.71. The van der Waals surface area contributed by atoms with Gasteiger partial charge in [0.05, 0.1) is 24.2 Å². The van der Waals surface area contributed by atoms with Crippen molar-refractivity contribution >= 4 is 11.7 Å². The van der Waals surface area contributed by atoms with Gasteiger partial charge in [0.15, 0.2) is 5.69 Å². The zero-order chi connectivity index (χ0) is 15.4. The van der Waals surface area contributed by atoms with Crippen LogP contribution in [0.25, 0.3) is 0 Å². The minimum atomic E-state index is -0.514. The van der Waals surface area contributed by atoms with E-state index < -0.39 is 5.97 Å². The number of hydrogen-bond acceptors (Lipinski definition) is 6. The molecule has 21 heavy (non-hydrogen) atoms. The van der Waals surface area contributed by atoms with E-state index in [0.29, 0.717) is 29.5 Å². The van der Waals surface area contributed by atoms with E-state index in [0.717, 1.165) is 0 Å². The number of nitrogens with two attached hydrogens (primary N) is 1.